The molecule has 0 aromatic rings. The lowest BCUT2D eigenvalue weighted by atomic mass is 11.9. The monoisotopic (exact) mass is 235 g/mol. The van der Waals surface area contributed by atoms with Crippen LogP contribution in [0.5, 0.6) is 0 Å². The second-order valence-electron chi connectivity index (χ2n) is 3.84. The first-order valence-electron chi connectivity index (χ1n) is 3.15. The van der Waals surface area contributed by atoms with Crippen LogP contribution in [0.1, 0.15) is 0 Å². The maximum absolute atomic E-state index is 5.82. The first-order valence-corrected chi connectivity index (χ1v) is 10.4. The zero-order chi connectivity index (χ0) is 9.28. The Morgan fingerprint density at radius 3 is 1.18 bits per heavy atom. The Bertz CT molecular complexity index is 113. The summed E-state index contributed by atoms with van der Waals surface area (Å²) in [4.78, 5) is 0. The maximum Gasteiger partial charge on any atom is 0.0497 e. The zero-order valence-electron chi connectivity index (χ0n) is 8.05. The van der Waals surface area contributed by atoms with Crippen LogP contribution in [0.4, 0.5) is 0 Å². The van der Waals surface area contributed by atoms with Crippen LogP contribution in [0.15, 0.2) is 0 Å². The molecule has 0 saturated carbocycles. The molecular weight excluding hydrogens is 218 g/mol. The first kappa shape index (κ1) is 12.3. The summed E-state index contributed by atoms with van der Waals surface area (Å²) in [5.41, 5.74) is 0. The molecule has 0 atom stereocenters. The summed E-state index contributed by atoms with van der Waals surface area (Å²) in [5.74, 6) is 0. The highest BCUT2D eigenvalue weighted by Crippen LogP contribution is 2.62. The summed E-state index contributed by atoms with van der Waals surface area (Å²) in [6.45, 7) is 0. The van der Waals surface area contributed by atoms with E-state index in [1.54, 1.807) is 0 Å². The van der Waals surface area contributed by atoms with Crippen molar-refractivity contribution < 1.29 is 0 Å². The quantitative estimate of drug-likeness (QED) is 0.691. The highest BCUT2D eigenvalue weighted by Gasteiger charge is 2.25. The van der Waals surface area contributed by atoms with Crippen LogP contribution >= 0.6 is 42.3 Å². The number of halogens is 1. The topological polar surface area (TPSA) is 3.24 Å². The fourth-order valence-corrected chi connectivity index (χ4v) is 10.6. The Labute approximate surface area is 82.8 Å². The van der Waals surface area contributed by atoms with E-state index in [-0.39, 0.29) is 0 Å². The third-order valence-corrected chi connectivity index (χ3v) is 9.57. The van der Waals surface area contributed by atoms with Crippen LogP contribution in [0, 0.1) is 0 Å². The average Bonchev–Trinajstić information content (AvgIpc) is 1.56. The van der Waals surface area contributed by atoms with Gasteiger partial charge in [0.25, 0.3) is 0 Å². The Kier molecular flexibility index (Phi) is 4.48. The molecule has 0 rings (SSSR count). The van der Waals surface area contributed by atoms with Gasteiger partial charge in [0.05, 0.1) is 0 Å². The summed E-state index contributed by atoms with van der Waals surface area (Å²) in [6.07, 6.45) is 13.6. The average molecular weight is 236 g/mol. The van der Waals surface area contributed by atoms with Gasteiger partial charge in [-0.2, -0.15) is 23.5 Å². The number of rotatable bonds is 3. The van der Waals surface area contributed by atoms with Gasteiger partial charge in [-0.1, -0.05) is 0 Å². The fourth-order valence-electron chi connectivity index (χ4n) is 0.840. The fraction of sp³-hybridized carbons (Fsp3) is 1.00. The summed E-state index contributed by atoms with van der Waals surface area (Å²) < 4.78 is 2.35. The van der Waals surface area contributed by atoms with E-state index < -0.39 is 20.4 Å². The van der Waals surface area contributed by atoms with E-state index in [1.807, 2.05) is 0 Å². The van der Waals surface area contributed by atoms with Crippen LogP contribution in [0.3, 0.4) is 0 Å². The van der Waals surface area contributed by atoms with Gasteiger partial charge >= 0.3 is 0 Å². The lowest BCUT2D eigenvalue weighted by Crippen LogP contribution is -2.20. The van der Waals surface area contributed by atoms with Crippen LogP contribution in [0.2, 0.25) is 0 Å². The molecule has 0 aromatic heterocycles. The van der Waals surface area contributed by atoms with Gasteiger partial charge in [0.1, 0.15) is 0 Å². The predicted molar refractivity (Wildman–Crippen MR) is 66.0 cm³/mol. The van der Waals surface area contributed by atoms with Gasteiger partial charge in [-0.05, 0) is 48.2 Å². The molecule has 0 fully saturated rings. The van der Waals surface area contributed by atoms with Gasteiger partial charge in [0.15, 0.2) is 0 Å². The third-order valence-electron chi connectivity index (χ3n) is 0.951. The minimum atomic E-state index is -0.671. The van der Waals surface area contributed by atoms with Crippen LogP contribution < -0.4 is 0 Å². The molecule has 0 spiro atoms. The highest BCUT2D eigenvalue weighted by molar-refractivity contribution is 8.53. The standard InChI is InChI=1S/C6H18ClNS3/c1-10(2,3)8(9-7)11(4,5)6/h1-6H3. The zero-order valence-corrected chi connectivity index (χ0v) is 11.3. The van der Waals surface area contributed by atoms with Crippen LogP contribution in [-0.4, -0.2) is 40.7 Å². The second kappa shape index (κ2) is 4.01. The number of hydrogen-bond acceptors (Lipinski definition) is 2. The van der Waals surface area contributed by atoms with E-state index >= 15 is 0 Å². The van der Waals surface area contributed by atoms with Crippen molar-refractivity contribution in [2.75, 3.05) is 37.5 Å². The molecule has 0 N–H and O–H groups in total. The Balaban J connectivity index is 4.43. The van der Waals surface area contributed by atoms with Gasteiger partial charge in [-0.25, -0.2) is 0 Å². The van der Waals surface area contributed by atoms with Crippen molar-refractivity contribution in [1.29, 1.82) is 0 Å². The van der Waals surface area contributed by atoms with E-state index in [2.05, 4.69) is 40.7 Å². The van der Waals surface area contributed by atoms with E-state index in [0.717, 1.165) is 0 Å². The second-order valence-corrected chi connectivity index (χ2v) is 13.3. The summed E-state index contributed by atoms with van der Waals surface area (Å²) in [7, 11) is 4.48. The predicted octanol–water partition coefficient (Wildman–Crippen LogP) is 3.31. The van der Waals surface area contributed by atoms with Crippen molar-refractivity contribution in [3.8, 4) is 0 Å². The molecule has 0 unspecified atom stereocenters. The molecule has 0 aliphatic rings. The summed E-state index contributed by atoms with van der Waals surface area (Å²) >= 11 is 1.36. The Morgan fingerprint density at radius 1 is 0.909 bits per heavy atom. The molecule has 0 aliphatic carbocycles. The van der Waals surface area contributed by atoms with Crippen molar-refractivity contribution in [1.82, 2.24) is 3.12 Å². The molecule has 0 bridgehead atoms. The van der Waals surface area contributed by atoms with E-state index in [0.29, 0.717) is 0 Å². The first-order chi connectivity index (χ1) is 4.69. The van der Waals surface area contributed by atoms with Gasteiger partial charge in [0.2, 0.25) is 0 Å². The highest BCUT2D eigenvalue weighted by atomic mass is 35.7. The van der Waals surface area contributed by atoms with E-state index in [4.69, 9.17) is 10.7 Å². The van der Waals surface area contributed by atoms with Gasteiger partial charge in [-0.15, -0.1) is 0 Å². The molecule has 0 amide bonds. The maximum atomic E-state index is 5.82. The number of nitrogens with zero attached hydrogens (tertiary/aromatic N) is 1. The SMILES string of the molecule is CS(C)(C)N(SCl)S(C)(C)C. The van der Waals surface area contributed by atoms with Crippen molar-refractivity contribution in [2.24, 2.45) is 0 Å². The van der Waals surface area contributed by atoms with Crippen LogP contribution in [-0.2, 0) is 0 Å². The van der Waals surface area contributed by atoms with Crippen molar-refractivity contribution in [3.05, 3.63) is 0 Å². The summed E-state index contributed by atoms with van der Waals surface area (Å²) in [6, 6.07) is 0. The van der Waals surface area contributed by atoms with E-state index in [1.165, 1.54) is 11.2 Å². The lowest BCUT2D eigenvalue weighted by molar-refractivity contribution is 1.22. The molecular formula is C6H18ClNS3. The molecule has 0 saturated heterocycles. The largest absolute Gasteiger partial charge is 0.175 e. The lowest BCUT2D eigenvalue weighted by Gasteiger charge is -2.48. The minimum Gasteiger partial charge on any atom is -0.175 e. The molecule has 72 valence electrons. The molecule has 0 radical (unpaired) electrons. The van der Waals surface area contributed by atoms with Gasteiger partial charge in [0, 0.05) is 11.2 Å². The molecule has 1 nitrogen and oxygen atoms in total. The number of hydrogen-bond donors (Lipinski definition) is 0. The minimum absolute atomic E-state index is 0.671. The molecule has 0 heterocycles. The van der Waals surface area contributed by atoms with Crippen LogP contribution in [0.25, 0.3) is 0 Å². The smallest absolute Gasteiger partial charge is 0.0497 e. The van der Waals surface area contributed by atoms with Gasteiger partial charge < -0.3 is 0 Å². The van der Waals surface area contributed by atoms with E-state index in [9.17, 15) is 0 Å². The Morgan fingerprint density at radius 2 is 1.18 bits per heavy atom. The Hall–Kier alpha value is 1.30. The molecule has 5 heteroatoms. The molecule has 11 heavy (non-hydrogen) atoms. The summed E-state index contributed by atoms with van der Waals surface area (Å²) in [5, 5.41) is 0. The molecule has 0 aliphatic heterocycles. The third kappa shape index (κ3) is 4.18. The van der Waals surface area contributed by atoms with Crippen molar-refractivity contribution >= 4 is 42.3 Å². The van der Waals surface area contributed by atoms with Crippen molar-refractivity contribution in [3.63, 3.8) is 0 Å². The van der Waals surface area contributed by atoms with Crippen molar-refractivity contribution in [2.45, 2.75) is 0 Å². The molecule has 0 aromatic carbocycles. The normalized spacial score (nSPS) is 17.1. The van der Waals surface area contributed by atoms with Gasteiger partial charge in [-0.3, -0.25) is 0 Å².